The second-order valence-electron chi connectivity index (χ2n) is 28.1. The summed E-state index contributed by atoms with van der Waals surface area (Å²) < 4.78 is 126. The van der Waals surface area contributed by atoms with Crippen molar-refractivity contribution in [2.75, 3.05) is 92.5 Å². The van der Waals surface area contributed by atoms with Gasteiger partial charge in [-0.05, 0) is 48.5 Å². The highest BCUT2D eigenvalue weighted by molar-refractivity contribution is 5.02. The van der Waals surface area contributed by atoms with Crippen LogP contribution < -0.4 is 0 Å². The smallest absolute Gasteiger partial charge is 0.187 e. The maximum absolute atomic E-state index is 12.1. The van der Waals surface area contributed by atoms with E-state index in [9.17, 15) is 107 Å². The Morgan fingerprint density at radius 2 is 0.286 bits per heavy atom. The summed E-state index contributed by atoms with van der Waals surface area (Å²) in [5, 5.41) is 240. The molecular weight excluding hydrogens is 1430 g/mol. The van der Waals surface area contributed by atoms with Crippen molar-refractivity contribution in [3.05, 3.63) is 0 Å². The van der Waals surface area contributed by atoms with Crippen LogP contribution in [-0.2, 0) is 99.5 Å². The van der Waals surface area contributed by atoms with Crippen molar-refractivity contribution in [1.82, 2.24) is 0 Å². The SMILES string of the molecule is CC(O)COCC1O[C@@H]2O[C@@H]3C(O)C(O)[C@H](O[C@@H]4C(O)C(O)[C@H](O[C@@H]5C(COCC(C)O)O[C@H](O[C@@H]6C(COCC(C)O)O[C@H](O[C@@H]7C(COCC(C)O)O[C@H](O[C@@H]8C(COCC(C)O)O[C@H](O[C@H]1[C@H](O)[C@@H]2O)[C@@H](O)[C@H]8O)[C@@H](O)[C@@H]7O)[C@@H](O)[C@@H]6O)[C@@H](O)[C@@H]5O)O[C@@H]4COCC(C)O)O[C@@H]3COCC(C)O. The van der Waals surface area contributed by atoms with Gasteiger partial charge >= 0.3 is 0 Å². The summed E-state index contributed by atoms with van der Waals surface area (Å²) in [4.78, 5) is 0. The van der Waals surface area contributed by atoms with E-state index in [0.29, 0.717) is 0 Å². The van der Waals surface area contributed by atoms with Gasteiger partial charge in [0.05, 0.1) is 135 Å². The molecule has 0 amide bonds. The molecule has 0 aromatic rings. The second-order valence-corrected chi connectivity index (χ2v) is 28.1. The first-order valence-electron chi connectivity index (χ1n) is 35.2. The van der Waals surface area contributed by atoms with E-state index in [-0.39, 0.29) is 46.2 Å². The van der Waals surface area contributed by atoms with Crippen LogP contribution in [0.25, 0.3) is 0 Å². The zero-order valence-electron chi connectivity index (χ0n) is 59.1. The molecule has 14 bridgehead atoms. The van der Waals surface area contributed by atoms with E-state index in [2.05, 4.69) is 0 Å². The van der Waals surface area contributed by atoms with E-state index in [0.717, 1.165) is 0 Å². The quantitative estimate of drug-likeness (QED) is 0.0346. The summed E-state index contributed by atoms with van der Waals surface area (Å²) in [6.07, 6.45) is -78.0. The topological polar surface area (TPSA) is 619 Å². The molecule has 0 radical (unpaired) electrons. The van der Waals surface area contributed by atoms with Gasteiger partial charge in [-0.2, -0.15) is 0 Å². The lowest BCUT2D eigenvalue weighted by atomic mass is 9.95. The maximum Gasteiger partial charge on any atom is 0.187 e. The lowest BCUT2D eigenvalue weighted by Crippen LogP contribution is -2.68. The minimum Gasteiger partial charge on any atom is -0.391 e. The summed E-state index contributed by atoms with van der Waals surface area (Å²) in [6.45, 7) is 2.51. The molecule has 0 aromatic heterocycles. The summed E-state index contributed by atoms with van der Waals surface area (Å²) >= 11 is 0. The summed E-state index contributed by atoms with van der Waals surface area (Å²) in [7, 11) is 0. The van der Waals surface area contributed by atoms with Crippen molar-refractivity contribution in [2.24, 2.45) is 0 Å². The third kappa shape index (κ3) is 23.7. The Hall–Kier alpha value is -1.68. The first-order chi connectivity index (χ1) is 49.6. The molecule has 21 saturated heterocycles. The highest BCUT2D eigenvalue weighted by atomic mass is 16.8. The van der Waals surface area contributed by atoms with Crippen LogP contribution >= 0.6 is 0 Å². The lowest BCUT2D eigenvalue weighted by Gasteiger charge is -2.50. The molecule has 42 atom stereocenters. The molecule has 0 saturated carbocycles. The predicted octanol–water partition coefficient (Wildman–Crippen LogP) is -12.4. The largest absolute Gasteiger partial charge is 0.391 e. The monoisotopic (exact) mass is 1540 g/mol. The Labute approximate surface area is 603 Å². The normalized spacial score (nSPS) is 46.0. The number of hydrogen-bond acceptors (Lipinski definition) is 42. The fraction of sp³-hybridized carbons (Fsp3) is 1.00. The fourth-order valence-corrected chi connectivity index (χ4v) is 12.8. The van der Waals surface area contributed by atoms with Crippen molar-refractivity contribution in [1.29, 1.82) is 0 Å². The van der Waals surface area contributed by atoms with Crippen LogP contribution in [0.4, 0.5) is 0 Å². The van der Waals surface area contributed by atoms with E-state index in [1.807, 2.05) is 0 Å². The van der Waals surface area contributed by atoms with Gasteiger partial charge in [0.25, 0.3) is 0 Å². The van der Waals surface area contributed by atoms with Crippen LogP contribution in [0.15, 0.2) is 0 Å². The average Bonchev–Trinajstić information content (AvgIpc) is 0.785. The molecule has 42 heteroatoms. The van der Waals surface area contributed by atoms with Crippen LogP contribution in [-0.4, -0.2) is 457 Å². The lowest BCUT2D eigenvalue weighted by molar-refractivity contribution is -0.398. The van der Waals surface area contributed by atoms with Crippen LogP contribution in [0.1, 0.15) is 48.5 Å². The Bertz CT molecular complexity index is 2000. The average molecular weight is 1540 g/mol. The molecule has 616 valence electrons. The zero-order chi connectivity index (χ0) is 77.0. The van der Waals surface area contributed by atoms with Crippen molar-refractivity contribution in [3.63, 3.8) is 0 Å². The van der Waals surface area contributed by atoms with Gasteiger partial charge in [-0.1, -0.05) is 0 Å². The van der Waals surface area contributed by atoms with Gasteiger partial charge in [0, 0.05) is 0 Å². The molecule has 21 fully saturated rings. The summed E-state index contributed by atoms with van der Waals surface area (Å²) in [6, 6.07) is 0. The van der Waals surface area contributed by atoms with Gasteiger partial charge in [-0.3, -0.25) is 0 Å². The van der Waals surface area contributed by atoms with Gasteiger partial charge in [0.1, 0.15) is 171 Å². The van der Waals surface area contributed by atoms with Crippen LogP contribution in [0.5, 0.6) is 0 Å². The van der Waals surface area contributed by atoms with Gasteiger partial charge in [0.2, 0.25) is 0 Å². The summed E-state index contributed by atoms with van der Waals surface area (Å²) in [5.74, 6) is 0. The van der Waals surface area contributed by atoms with Crippen LogP contribution in [0.3, 0.4) is 0 Å². The van der Waals surface area contributed by atoms with Crippen molar-refractivity contribution < 1.29 is 207 Å². The second kappa shape index (κ2) is 41.4. The van der Waals surface area contributed by atoms with E-state index in [4.69, 9.17) is 99.5 Å². The molecule has 0 spiro atoms. The molecule has 42 nitrogen and oxygen atoms in total. The Morgan fingerprint density at radius 1 is 0.181 bits per heavy atom. The fourth-order valence-electron chi connectivity index (χ4n) is 12.8. The van der Waals surface area contributed by atoms with Gasteiger partial charge in [-0.25, -0.2) is 0 Å². The van der Waals surface area contributed by atoms with Crippen molar-refractivity contribution in [3.8, 4) is 0 Å². The molecule has 0 aliphatic carbocycles. The number of aliphatic hydroxyl groups is 21. The minimum absolute atomic E-state index is 0.379. The standard InChI is InChI=1S/C63H112O42/c1-22(64)8-85-15-29-50-36(71)43(78)57(92-29)100-51-30(16-86-9-23(2)65)94-59(45(80)38(51)73)102-53-32(18-88-11-25(4)67)96-61(47(82)40(53)75)104-55-34(20-90-13-27(6)69)98-63(49(84)42(55)77)105-56-35(21-91-14-28(7)70)97-62(48(83)41(56)76)103-54-33(19-89-12-26(5)68)95-60(46(81)39(54)74)101-52-31(17-87-10-24(3)66)93-58(99-50)44(79)37(52)72/h22-84H,8-21H2,1-7H3/t22?,23?,24?,25?,26?,27?,28?,29-,30-,31?,32?,33?,34?,35?,36?,37-,38?,39-,40+,41+,42+,43?,44+,45?,46+,47+,48+,49+,50+,51+,52-,53-,54-,55-,56-,57+,58-,59+,60-,61-,62-,63-/m1/s1. The summed E-state index contributed by atoms with van der Waals surface area (Å²) in [5.41, 5.74) is 0. The highest BCUT2D eigenvalue weighted by Gasteiger charge is 2.60. The molecule has 21 aliphatic heterocycles. The van der Waals surface area contributed by atoms with E-state index < -0.39 is 304 Å². The number of ether oxygens (including phenoxy) is 21. The Balaban J connectivity index is 1.20. The molecule has 21 heterocycles. The molecule has 21 N–H and O–H groups in total. The first-order valence-corrected chi connectivity index (χ1v) is 35.2. The van der Waals surface area contributed by atoms with Gasteiger partial charge < -0.3 is 207 Å². The third-order valence-corrected chi connectivity index (χ3v) is 18.0. The van der Waals surface area contributed by atoms with Gasteiger partial charge in [-0.15, -0.1) is 0 Å². The molecule has 105 heavy (non-hydrogen) atoms. The first kappa shape index (κ1) is 88.9. The third-order valence-electron chi connectivity index (χ3n) is 18.0. The van der Waals surface area contributed by atoms with Crippen LogP contribution in [0.2, 0.25) is 0 Å². The zero-order valence-corrected chi connectivity index (χ0v) is 59.1. The van der Waals surface area contributed by atoms with Gasteiger partial charge in [0.15, 0.2) is 44.0 Å². The molecule has 21 rings (SSSR count). The molecular formula is C63H112O42. The number of rotatable bonds is 28. The van der Waals surface area contributed by atoms with E-state index >= 15 is 0 Å². The molecule has 16 unspecified atom stereocenters. The predicted molar refractivity (Wildman–Crippen MR) is 336 cm³/mol. The van der Waals surface area contributed by atoms with Crippen LogP contribution in [0, 0.1) is 0 Å². The number of aliphatic hydroxyl groups excluding tert-OH is 21. The van der Waals surface area contributed by atoms with Crippen molar-refractivity contribution in [2.45, 2.75) is 306 Å². The Kier molecular flexibility index (Phi) is 35.0. The molecule has 21 aliphatic rings. The van der Waals surface area contributed by atoms with E-state index in [1.54, 1.807) is 0 Å². The number of hydrogen-bond donors (Lipinski definition) is 21. The van der Waals surface area contributed by atoms with Crippen molar-refractivity contribution >= 4 is 0 Å². The highest BCUT2D eigenvalue weighted by Crippen LogP contribution is 2.40. The molecule has 0 aromatic carbocycles. The minimum atomic E-state index is -2.24. The maximum atomic E-state index is 12.1. The van der Waals surface area contributed by atoms with E-state index in [1.165, 1.54) is 48.5 Å². The Morgan fingerprint density at radius 3 is 0.381 bits per heavy atom.